The summed E-state index contributed by atoms with van der Waals surface area (Å²) in [5.74, 6) is 0.341. The normalized spacial score (nSPS) is 11.4. The van der Waals surface area contributed by atoms with Crippen molar-refractivity contribution in [2.45, 2.75) is 6.54 Å². The Kier molecular flexibility index (Phi) is 5.40. The van der Waals surface area contributed by atoms with Gasteiger partial charge >= 0.3 is 10.1 Å². The van der Waals surface area contributed by atoms with Crippen molar-refractivity contribution in [1.29, 1.82) is 0 Å². The predicted molar refractivity (Wildman–Crippen MR) is 64.3 cm³/mol. The lowest BCUT2D eigenvalue weighted by atomic mass is 10.2. The van der Waals surface area contributed by atoms with E-state index in [0.29, 0.717) is 5.75 Å². The molecule has 0 atom stereocenters. The molecule has 0 heterocycles. The third kappa shape index (κ3) is 6.25. The van der Waals surface area contributed by atoms with Gasteiger partial charge in [0.2, 0.25) is 0 Å². The van der Waals surface area contributed by atoms with E-state index < -0.39 is 10.1 Å². The van der Waals surface area contributed by atoms with Crippen molar-refractivity contribution in [2.75, 3.05) is 26.5 Å². The summed E-state index contributed by atoms with van der Waals surface area (Å²) < 4.78 is 31.5. The van der Waals surface area contributed by atoms with E-state index in [1.54, 1.807) is 19.2 Å². The molecule has 17 heavy (non-hydrogen) atoms. The Morgan fingerprint density at radius 1 is 1.24 bits per heavy atom. The Labute approximate surface area is 102 Å². The lowest BCUT2D eigenvalue weighted by molar-refractivity contribution is -0.671. The van der Waals surface area contributed by atoms with Gasteiger partial charge in [-0.25, -0.2) is 0 Å². The molecule has 2 N–H and O–H groups in total. The highest BCUT2D eigenvalue weighted by Gasteiger charge is 2.04. The van der Waals surface area contributed by atoms with Gasteiger partial charge in [-0.2, -0.15) is 8.42 Å². The topological polar surface area (TPSA) is 69.2 Å². The molecule has 0 fully saturated rings. The van der Waals surface area contributed by atoms with E-state index in [0.717, 1.165) is 31.5 Å². The Bertz CT molecular complexity index is 427. The lowest BCUT2D eigenvalue weighted by Crippen LogP contribution is -2.83. The lowest BCUT2D eigenvalue weighted by Gasteiger charge is -2.04. The van der Waals surface area contributed by atoms with Crippen LogP contribution in [0.15, 0.2) is 24.3 Å². The van der Waals surface area contributed by atoms with Crippen LogP contribution in [0, 0.1) is 0 Å². The van der Waals surface area contributed by atoms with Crippen molar-refractivity contribution in [3.05, 3.63) is 29.8 Å². The minimum absolute atomic E-state index is 0.341. The van der Waals surface area contributed by atoms with E-state index in [-0.39, 0.29) is 0 Å². The fraction of sp³-hybridized carbons (Fsp3) is 0.455. The minimum Gasteiger partial charge on any atom is -0.383 e. The molecule has 0 aliphatic carbocycles. The molecule has 96 valence electrons. The predicted octanol–water partition coefficient (Wildman–Crippen LogP) is -0.265. The van der Waals surface area contributed by atoms with E-state index in [9.17, 15) is 8.42 Å². The number of ether oxygens (including phenoxy) is 1. The average molecular weight is 260 g/mol. The monoisotopic (exact) mass is 260 g/mol. The van der Waals surface area contributed by atoms with Crippen LogP contribution in [0.4, 0.5) is 0 Å². The first-order chi connectivity index (χ1) is 8.01. The SMILES string of the molecule is COCC[NH2+]Cc1ccc(OS(C)(=O)=O)cc1. The fourth-order valence-electron chi connectivity index (χ4n) is 1.33. The van der Waals surface area contributed by atoms with Crippen molar-refractivity contribution < 1.29 is 22.7 Å². The molecule has 0 spiro atoms. The van der Waals surface area contributed by atoms with Gasteiger partial charge in [0, 0.05) is 12.7 Å². The molecule has 1 aromatic rings. The van der Waals surface area contributed by atoms with E-state index in [1.807, 2.05) is 12.1 Å². The number of benzene rings is 1. The number of hydrogen-bond donors (Lipinski definition) is 1. The molecule has 0 aromatic heterocycles. The van der Waals surface area contributed by atoms with Crippen molar-refractivity contribution in [1.82, 2.24) is 0 Å². The van der Waals surface area contributed by atoms with Gasteiger partial charge in [-0.15, -0.1) is 0 Å². The van der Waals surface area contributed by atoms with Crippen LogP contribution in [0.25, 0.3) is 0 Å². The van der Waals surface area contributed by atoms with Crippen LogP contribution in [-0.4, -0.2) is 34.9 Å². The van der Waals surface area contributed by atoms with Crippen LogP contribution in [0.5, 0.6) is 5.75 Å². The second-order valence-electron chi connectivity index (χ2n) is 3.71. The number of quaternary nitrogens is 1. The maximum absolute atomic E-state index is 10.9. The highest BCUT2D eigenvalue weighted by atomic mass is 32.2. The summed E-state index contributed by atoms with van der Waals surface area (Å²) in [6, 6.07) is 7.01. The van der Waals surface area contributed by atoms with Crippen molar-refractivity contribution in [3.8, 4) is 5.75 Å². The highest BCUT2D eigenvalue weighted by molar-refractivity contribution is 7.86. The first kappa shape index (κ1) is 14.0. The van der Waals surface area contributed by atoms with Gasteiger partial charge in [0.1, 0.15) is 12.3 Å². The molecule has 5 nitrogen and oxygen atoms in total. The van der Waals surface area contributed by atoms with Crippen molar-refractivity contribution >= 4 is 10.1 Å². The number of methoxy groups -OCH3 is 1. The molecule has 0 unspecified atom stereocenters. The molecule has 6 heteroatoms. The first-order valence-electron chi connectivity index (χ1n) is 5.30. The fourth-order valence-corrected chi connectivity index (χ4v) is 1.79. The molecular weight excluding hydrogens is 242 g/mol. The highest BCUT2D eigenvalue weighted by Crippen LogP contribution is 2.13. The quantitative estimate of drug-likeness (QED) is 0.541. The molecule has 0 amide bonds. The summed E-state index contributed by atoms with van der Waals surface area (Å²) in [6.45, 7) is 2.45. The smallest absolute Gasteiger partial charge is 0.306 e. The van der Waals surface area contributed by atoms with Gasteiger partial charge in [-0.3, -0.25) is 0 Å². The zero-order chi connectivity index (χ0) is 12.7. The summed E-state index contributed by atoms with van der Waals surface area (Å²) in [6.07, 6.45) is 1.03. The van der Waals surface area contributed by atoms with Gasteiger partial charge in [-0.05, 0) is 24.3 Å². The Morgan fingerprint density at radius 2 is 1.88 bits per heavy atom. The maximum atomic E-state index is 10.9. The zero-order valence-corrected chi connectivity index (χ0v) is 10.9. The van der Waals surface area contributed by atoms with E-state index in [1.165, 1.54) is 0 Å². The van der Waals surface area contributed by atoms with Crippen LogP contribution in [0.3, 0.4) is 0 Å². The Morgan fingerprint density at radius 3 is 2.41 bits per heavy atom. The molecule has 0 bridgehead atoms. The summed E-state index contributed by atoms with van der Waals surface area (Å²) in [5, 5.41) is 2.12. The summed E-state index contributed by atoms with van der Waals surface area (Å²) in [4.78, 5) is 0. The van der Waals surface area contributed by atoms with Gasteiger partial charge in [0.15, 0.2) is 0 Å². The second-order valence-corrected chi connectivity index (χ2v) is 5.28. The van der Waals surface area contributed by atoms with Gasteiger partial charge in [-0.1, -0.05) is 0 Å². The molecule has 0 saturated heterocycles. The summed E-state index contributed by atoms with van der Waals surface area (Å²) in [7, 11) is -1.77. The van der Waals surface area contributed by atoms with E-state index in [2.05, 4.69) is 5.32 Å². The number of nitrogens with two attached hydrogens (primary N) is 1. The number of rotatable bonds is 7. The third-order valence-electron chi connectivity index (χ3n) is 2.08. The molecule has 1 rings (SSSR count). The summed E-state index contributed by atoms with van der Waals surface area (Å²) >= 11 is 0. The van der Waals surface area contributed by atoms with Crippen LogP contribution in [0.1, 0.15) is 5.56 Å². The van der Waals surface area contributed by atoms with Crippen molar-refractivity contribution in [3.63, 3.8) is 0 Å². The second kappa shape index (κ2) is 6.58. The molecular formula is C11H18NO4S+. The zero-order valence-electron chi connectivity index (χ0n) is 10.0. The van der Waals surface area contributed by atoms with Crippen molar-refractivity contribution in [2.24, 2.45) is 0 Å². The van der Waals surface area contributed by atoms with Crippen LogP contribution in [0.2, 0.25) is 0 Å². The molecule has 0 saturated carbocycles. The average Bonchev–Trinajstić information content (AvgIpc) is 2.25. The maximum Gasteiger partial charge on any atom is 0.306 e. The standard InChI is InChI=1S/C11H17NO4S/c1-15-8-7-12-9-10-3-5-11(6-4-10)16-17(2,13)14/h3-6,12H,7-9H2,1-2H3/p+1. The van der Waals surface area contributed by atoms with Gasteiger partial charge in [0.25, 0.3) is 0 Å². The number of hydrogen-bond acceptors (Lipinski definition) is 4. The minimum atomic E-state index is -3.44. The third-order valence-corrected chi connectivity index (χ3v) is 2.57. The summed E-state index contributed by atoms with van der Waals surface area (Å²) in [5.41, 5.74) is 1.11. The molecule has 0 aliphatic heterocycles. The van der Waals surface area contributed by atoms with E-state index >= 15 is 0 Å². The molecule has 0 aliphatic rings. The molecule has 1 aromatic carbocycles. The Balaban J connectivity index is 2.45. The van der Waals surface area contributed by atoms with Gasteiger partial charge < -0.3 is 14.2 Å². The van der Waals surface area contributed by atoms with Crippen LogP contribution >= 0.6 is 0 Å². The largest absolute Gasteiger partial charge is 0.383 e. The molecule has 0 radical (unpaired) electrons. The van der Waals surface area contributed by atoms with Crippen LogP contribution < -0.4 is 9.50 Å². The first-order valence-corrected chi connectivity index (χ1v) is 7.12. The van der Waals surface area contributed by atoms with Crippen LogP contribution in [-0.2, 0) is 21.4 Å². The van der Waals surface area contributed by atoms with E-state index in [4.69, 9.17) is 8.92 Å². The van der Waals surface area contributed by atoms with Gasteiger partial charge in [0.05, 0.1) is 19.4 Å². The Hall–Kier alpha value is -1.11.